The Bertz CT molecular complexity index is 439. The molecule has 2 atom stereocenters. The van der Waals surface area contributed by atoms with E-state index in [2.05, 4.69) is 50.1 Å². The van der Waals surface area contributed by atoms with E-state index in [0.29, 0.717) is 18.1 Å². The maximum Gasteiger partial charge on any atom is 0.0656 e. The van der Waals surface area contributed by atoms with Crippen molar-refractivity contribution in [3.63, 3.8) is 0 Å². The van der Waals surface area contributed by atoms with Gasteiger partial charge in [0.15, 0.2) is 0 Å². The van der Waals surface area contributed by atoms with Crippen molar-refractivity contribution in [2.45, 2.75) is 66.0 Å². The highest BCUT2D eigenvalue weighted by molar-refractivity contribution is 5.14. The molecule has 2 unspecified atom stereocenters. The van der Waals surface area contributed by atoms with Gasteiger partial charge >= 0.3 is 0 Å². The summed E-state index contributed by atoms with van der Waals surface area (Å²) in [5.74, 6) is 0.617. The molecule has 0 radical (unpaired) electrons. The van der Waals surface area contributed by atoms with Crippen molar-refractivity contribution in [1.29, 1.82) is 0 Å². The molecule has 0 bridgehead atoms. The van der Waals surface area contributed by atoms with E-state index in [1.165, 1.54) is 11.3 Å². The molecular formula is C17H31N3O. The third-order valence-electron chi connectivity index (χ3n) is 4.76. The summed E-state index contributed by atoms with van der Waals surface area (Å²) in [7, 11) is 0. The molecule has 1 heterocycles. The fourth-order valence-corrected chi connectivity index (χ4v) is 3.01. The second-order valence-electron chi connectivity index (χ2n) is 7.40. The number of nitrogens with one attached hydrogen (secondary N) is 2. The highest BCUT2D eigenvalue weighted by atomic mass is 16.5. The Morgan fingerprint density at radius 1 is 1.48 bits per heavy atom. The number of rotatable bonds is 8. The predicted molar refractivity (Wildman–Crippen MR) is 86.4 cm³/mol. The maximum absolute atomic E-state index is 6.01. The number of aryl methyl sites for hydroxylation is 2. The summed E-state index contributed by atoms with van der Waals surface area (Å²) < 4.78 is 6.01. The molecular weight excluding hydrogens is 262 g/mol. The Hall–Kier alpha value is -0.870. The van der Waals surface area contributed by atoms with Crippen molar-refractivity contribution < 1.29 is 4.74 Å². The van der Waals surface area contributed by atoms with Gasteiger partial charge in [-0.2, -0.15) is 5.10 Å². The van der Waals surface area contributed by atoms with E-state index in [1.807, 2.05) is 6.20 Å². The number of hydrogen-bond acceptors (Lipinski definition) is 3. The fraction of sp³-hybridized carbons (Fsp3) is 0.824. The summed E-state index contributed by atoms with van der Waals surface area (Å²) in [5, 5.41) is 10.8. The monoisotopic (exact) mass is 293 g/mol. The summed E-state index contributed by atoms with van der Waals surface area (Å²) in [4.78, 5) is 0. The normalized spacial score (nSPS) is 24.3. The number of aromatic nitrogens is 2. The first kappa shape index (κ1) is 16.5. The van der Waals surface area contributed by atoms with Gasteiger partial charge in [-0.1, -0.05) is 27.7 Å². The molecule has 4 heteroatoms. The van der Waals surface area contributed by atoms with E-state index in [0.717, 1.165) is 32.4 Å². The lowest BCUT2D eigenvalue weighted by molar-refractivity contribution is -0.123. The van der Waals surface area contributed by atoms with E-state index < -0.39 is 0 Å². The van der Waals surface area contributed by atoms with Crippen LogP contribution in [0.1, 0.15) is 51.8 Å². The Kier molecular flexibility index (Phi) is 5.44. The molecule has 2 N–H and O–H groups in total. The van der Waals surface area contributed by atoms with Crippen LogP contribution in [-0.2, 0) is 11.2 Å². The van der Waals surface area contributed by atoms with Gasteiger partial charge in [-0.3, -0.25) is 5.10 Å². The molecule has 1 aromatic rings. The highest BCUT2D eigenvalue weighted by Gasteiger charge is 2.48. The molecule has 21 heavy (non-hydrogen) atoms. The number of nitrogens with zero attached hydrogens (tertiary/aromatic N) is 1. The Morgan fingerprint density at radius 2 is 2.24 bits per heavy atom. The Labute approximate surface area is 129 Å². The molecule has 1 saturated carbocycles. The quantitative estimate of drug-likeness (QED) is 0.724. The average Bonchev–Trinajstić information content (AvgIpc) is 2.81. The van der Waals surface area contributed by atoms with Crippen molar-refractivity contribution in [3.8, 4) is 0 Å². The van der Waals surface area contributed by atoms with Crippen LogP contribution in [0, 0.1) is 18.3 Å². The summed E-state index contributed by atoms with van der Waals surface area (Å²) in [6.07, 6.45) is 5.75. The second kappa shape index (κ2) is 6.93. The predicted octanol–water partition coefficient (Wildman–Crippen LogP) is 3.08. The molecule has 0 amide bonds. The van der Waals surface area contributed by atoms with Crippen molar-refractivity contribution >= 4 is 0 Å². The van der Waals surface area contributed by atoms with Gasteiger partial charge in [0.2, 0.25) is 0 Å². The fourth-order valence-electron chi connectivity index (χ4n) is 3.01. The maximum atomic E-state index is 6.01. The molecule has 120 valence electrons. The Morgan fingerprint density at radius 3 is 2.81 bits per heavy atom. The number of H-pyrrole nitrogens is 1. The van der Waals surface area contributed by atoms with Crippen LogP contribution in [0.2, 0.25) is 0 Å². The average molecular weight is 293 g/mol. The third-order valence-corrected chi connectivity index (χ3v) is 4.76. The molecule has 2 rings (SSSR count). The van der Waals surface area contributed by atoms with Gasteiger partial charge < -0.3 is 10.1 Å². The molecule has 0 aromatic carbocycles. The molecule has 0 spiro atoms. The standard InChI is InChI=1S/C17H31N3O/c1-12(2)11-21-16-9-15(17(16,4)5)18-8-6-7-14-10-19-20-13(14)3/h10,12,15-16,18H,6-9,11H2,1-5H3,(H,19,20). The first-order valence-electron chi connectivity index (χ1n) is 8.25. The van der Waals surface area contributed by atoms with Gasteiger partial charge in [0.1, 0.15) is 0 Å². The van der Waals surface area contributed by atoms with Crippen molar-refractivity contribution in [1.82, 2.24) is 15.5 Å². The first-order valence-corrected chi connectivity index (χ1v) is 8.25. The van der Waals surface area contributed by atoms with Crippen LogP contribution in [0.3, 0.4) is 0 Å². The number of aromatic amines is 1. The van der Waals surface area contributed by atoms with Crippen molar-refractivity contribution in [3.05, 3.63) is 17.5 Å². The zero-order valence-corrected chi connectivity index (χ0v) is 14.2. The minimum atomic E-state index is 0.250. The van der Waals surface area contributed by atoms with Crippen LogP contribution >= 0.6 is 0 Å². The lowest BCUT2D eigenvalue weighted by atomic mass is 9.64. The molecule has 1 aromatic heterocycles. The zero-order valence-electron chi connectivity index (χ0n) is 14.2. The van der Waals surface area contributed by atoms with Gasteiger partial charge in [-0.25, -0.2) is 0 Å². The van der Waals surface area contributed by atoms with E-state index >= 15 is 0 Å². The van der Waals surface area contributed by atoms with Gasteiger partial charge in [0.25, 0.3) is 0 Å². The third kappa shape index (κ3) is 4.07. The van der Waals surface area contributed by atoms with Crippen LogP contribution < -0.4 is 5.32 Å². The Balaban J connectivity index is 1.65. The van der Waals surface area contributed by atoms with Gasteiger partial charge in [-0.15, -0.1) is 0 Å². The van der Waals surface area contributed by atoms with E-state index in [-0.39, 0.29) is 5.41 Å². The first-order chi connectivity index (χ1) is 9.91. The van der Waals surface area contributed by atoms with Gasteiger partial charge in [-0.05, 0) is 44.2 Å². The SMILES string of the molecule is Cc1[nH]ncc1CCCNC1CC(OCC(C)C)C1(C)C. The molecule has 1 aliphatic rings. The molecule has 1 fully saturated rings. The largest absolute Gasteiger partial charge is 0.377 e. The lowest BCUT2D eigenvalue weighted by Crippen LogP contribution is -2.61. The summed E-state index contributed by atoms with van der Waals surface area (Å²) in [5.41, 5.74) is 2.78. The topological polar surface area (TPSA) is 49.9 Å². The van der Waals surface area contributed by atoms with Crippen LogP contribution in [0.4, 0.5) is 0 Å². The van der Waals surface area contributed by atoms with Gasteiger partial charge in [0, 0.05) is 23.8 Å². The summed E-state index contributed by atoms with van der Waals surface area (Å²) in [6, 6.07) is 0.583. The molecule has 4 nitrogen and oxygen atoms in total. The number of hydrogen-bond donors (Lipinski definition) is 2. The number of ether oxygens (including phenoxy) is 1. The summed E-state index contributed by atoms with van der Waals surface area (Å²) >= 11 is 0. The second-order valence-corrected chi connectivity index (χ2v) is 7.40. The molecule has 1 aliphatic carbocycles. The van der Waals surface area contributed by atoms with Crippen LogP contribution in [0.25, 0.3) is 0 Å². The zero-order chi connectivity index (χ0) is 15.5. The minimum absolute atomic E-state index is 0.250. The summed E-state index contributed by atoms with van der Waals surface area (Å²) in [6.45, 7) is 13.1. The van der Waals surface area contributed by atoms with E-state index in [9.17, 15) is 0 Å². The van der Waals surface area contributed by atoms with E-state index in [1.54, 1.807) is 0 Å². The van der Waals surface area contributed by atoms with Crippen LogP contribution in [0.15, 0.2) is 6.20 Å². The van der Waals surface area contributed by atoms with E-state index in [4.69, 9.17) is 4.74 Å². The molecule has 0 saturated heterocycles. The van der Waals surface area contributed by atoms with Crippen molar-refractivity contribution in [2.75, 3.05) is 13.2 Å². The van der Waals surface area contributed by atoms with Crippen LogP contribution in [0.5, 0.6) is 0 Å². The smallest absolute Gasteiger partial charge is 0.0656 e. The van der Waals surface area contributed by atoms with Gasteiger partial charge in [0.05, 0.1) is 12.3 Å². The highest BCUT2D eigenvalue weighted by Crippen LogP contribution is 2.42. The lowest BCUT2D eigenvalue weighted by Gasteiger charge is -2.52. The van der Waals surface area contributed by atoms with Crippen LogP contribution in [-0.4, -0.2) is 35.5 Å². The van der Waals surface area contributed by atoms with Crippen molar-refractivity contribution in [2.24, 2.45) is 11.3 Å². The minimum Gasteiger partial charge on any atom is -0.377 e. The molecule has 0 aliphatic heterocycles.